The molecule has 0 aliphatic carbocycles. The van der Waals surface area contributed by atoms with E-state index in [-0.39, 0.29) is 11.0 Å². The van der Waals surface area contributed by atoms with Gasteiger partial charge < -0.3 is 10.5 Å². The number of nitrogen functional groups attached to an aromatic ring is 1. The summed E-state index contributed by atoms with van der Waals surface area (Å²) in [4.78, 5) is 0.199. The molecule has 2 rings (SSSR count). The standard InChI is InChI=1S/C13H20N2O3S/c1-9-6-12(14)13(7-10(9)2)19(16,17)15-4-5-18-11(3)8-15/h6-7,11H,4-5,8,14H2,1-3H3. The number of ether oxygens (including phenoxy) is 1. The third-order valence-electron chi connectivity index (χ3n) is 3.45. The summed E-state index contributed by atoms with van der Waals surface area (Å²) in [5.41, 5.74) is 8.11. The number of rotatable bonds is 2. The molecule has 1 atom stereocenters. The third-order valence-corrected chi connectivity index (χ3v) is 5.37. The number of nitrogens with two attached hydrogens (primary N) is 1. The van der Waals surface area contributed by atoms with Gasteiger partial charge in [0.25, 0.3) is 0 Å². The fourth-order valence-corrected chi connectivity index (χ4v) is 3.86. The lowest BCUT2D eigenvalue weighted by Crippen LogP contribution is -2.44. The largest absolute Gasteiger partial charge is 0.398 e. The van der Waals surface area contributed by atoms with Crippen molar-refractivity contribution in [2.24, 2.45) is 0 Å². The molecule has 5 nitrogen and oxygen atoms in total. The molecule has 106 valence electrons. The fourth-order valence-electron chi connectivity index (χ4n) is 2.18. The van der Waals surface area contributed by atoms with E-state index in [0.717, 1.165) is 11.1 Å². The van der Waals surface area contributed by atoms with Crippen LogP contribution in [0.5, 0.6) is 0 Å². The van der Waals surface area contributed by atoms with Gasteiger partial charge in [0.15, 0.2) is 0 Å². The molecule has 1 aliphatic heterocycles. The van der Waals surface area contributed by atoms with E-state index < -0.39 is 10.0 Å². The zero-order chi connectivity index (χ0) is 14.2. The number of sulfonamides is 1. The summed E-state index contributed by atoms with van der Waals surface area (Å²) in [5.74, 6) is 0. The van der Waals surface area contributed by atoms with Crippen LogP contribution in [0, 0.1) is 13.8 Å². The zero-order valence-electron chi connectivity index (χ0n) is 11.5. The van der Waals surface area contributed by atoms with Crippen LogP contribution in [0.25, 0.3) is 0 Å². The van der Waals surface area contributed by atoms with Crippen molar-refractivity contribution in [3.8, 4) is 0 Å². The molecule has 1 unspecified atom stereocenters. The van der Waals surface area contributed by atoms with Crippen LogP contribution in [0.15, 0.2) is 17.0 Å². The van der Waals surface area contributed by atoms with Crippen LogP contribution >= 0.6 is 0 Å². The summed E-state index contributed by atoms with van der Waals surface area (Å²) in [6.45, 7) is 6.83. The number of anilines is 1. The first kappa shape index (κ1) is 14.3. The number of hydrogen-bond donors (Lipinski definition) is 1. The molecule has 1 saturated heterocycles. The zero-order valence-corrected chi connectivity index (χ0v) is 12.3. The summed E-state index contributed by atoms with van der Waals surface area (Å²) in [6.07, 6.45) is -0.0868. The first-order valence-electron chi connectivity index (χ1n) is 6.31. The average Bonchev–Trinajstić information content (AvgIpc) is 2.33. The summed E-state index contributed by atoms with van der Waals surface area (Å²) in [7, 11) is -3.54. The summed E-state index contributed by atoms with van der Waals surface area (Å²) in [5, 5.41) is 0. The van der Waals surface area contributed by atoms with Crippen molar-refractivity contribution in [3.05, 3.63) is 23.3 Å². The van der Waals surface area contributed by atoms with Gasteiger partial charge in [-0.2, -0.15) is 4.31 Å². The van der Waals surface area contributed by atoms with Crippen molar-refractivity contribution in [2.75, 3.05) is 25.4 Å². The monoisotopic (exact) mass is 284 g/mol. The van der Waals surface area contributed by atoms with E-state index in [1.165, 1.54) is 4.31 Å². The van der Waals surface area contributed by atoms with E-state index in [1.807, 2.05) is 20.8 Å². The van der Waals surface area contributed by atoms with Gasteiger partial charge in [0.2, 0.25) is 10.0 Å². The van der Waals surface area contributed by atoms with Gasteiger partial charge in [-0.15, -0.1) is 0 Å². The lowest BCUT2D eigenvalue weighted by molar-refractivity contribution is 0.0102. The number of aryl methyl sites for hydroxylation is 2. The highest BCUT2D eigenvalue weighted by molar-refractivity contribution is 7.89. The van der Waals surface area contributed by atoms with Crippen molar-refractivity contribution in [1.29, 1.82) is 0 Å². The van der Waals surface area contributed by atoms with Crippen LogP contribution in [-0.4, -0.2) is 38.5 Å². The Morgan fingerprint density at radius 1 is 1.32 bits per heavy atom. The van der Waals surface area contributed by atoms with Crippen LogP contribution in [-0.2, 0) is 14.8 Å². The summed E-state index contributed by atoms with van der Waals surface area (Å²) in [6, 6.07) is 3.37. The van der Waals surface area contributed by atoms with Gasteiger partial charge in [-0.25, -0.2) is 8.42 Å². The summed E-state index contributed by atoms with van der Waals surface area (Å²) < 4.78 is 32.0. The first-order valence-corrected chi connectivity index (χ1v) is 7.75. The van der Waals surface area contributed by atoms with Gasteiger partial charge in [-0.3, -0.25) is 0 Å². The van der Waals surface area contributed by atoms with E-state index in [9.17, 15) is 8.42 Å². The predicted molar refractivity (Wildman–Crippen MR) is 74.5 cm³/mol. The Bertz CT molecular complexity index is 584. The van der Waals surface area contributed by atoms with E-state index in [4.69, 9.17) is 10.5 Å². The highest BCUT2D eigenvalue weighted by Gasteiger charge is 2.30. The van der Waals surface area contributed by atoms with Crippen LogP contribution in [0.3, 0.4) is 0 Å². The molecule has 0 amide bonds. The van der Waals surface area contributed by atoms with Gasteiger partial charge >= 0.3 is 0 Å². The number of benzene rings is 1. The lowest BCUT2D eigenvalue weighted by Gasteiger charge is -2.30. The van der Waals surface area contributed by atoms with E-state index in [0.29, 0.717) is 25.4 Å². The van der Waals surface area contributed by atoms with Gasteiger partial charge in [-0.05, 0) is 44.0 Å². The average molecular weight is 284 g/mol. The quantitative estimate of drug-likeness (QED) is 0.831. The fraction of sp³-hybridized carbons (Fsp3) is 0.538. The predicted octanol–water partition coefficient (Wildman–Crippen LogP) is 1.30. The first-order chi connectivity index (χ1) is 8.82. The highest BCUT2D eigenvalue weighted by Crippen LogP contribution is 2.26. The molecule has 0 radical (unpaired) electrons. The van der Waals surface area contributed by atoms with Crippen LogP contribution in [0.2, 0.25) is 0 Å². The molecule has 6 heteroatoms. The molecule has 1 heterocycles. The summed E-state index contributed by atoms with van der Waals surface area (Å²) >= 11 is 0. The number of hydrogen-bond acceptors (Lipinski definition) is 4. The normalized spacial score (nSPS) is 21.5. The Morgan fingerprint density at radius 2 is 1.95 bits per heavy atom. The molecule has 0 spiro atoms. The third kappa shape index (κ3) is 2.75. The number of morpholine rings is 1. The second-order valence-corrected chi connectivity index (χ2v) is 6.93. The van der Waals surface area contributed by atoms with Crippen LogP contribution < -0.4 is 5.73 Å². The maximum Gasteiger partial charge on any atom is 0.245 e. The Hall–Kier alpha value is -1.11. The molecule has 0 aromatic heterocycles. The molecule has 1 aromatic carbocycles. The van der Waals surface area contributed by atoms with Gasteiger partial charge in [0, 0.05) is 13.1 Å². The smallest absolute Gasteiger partial charge is 0.245 e. The van der Waals surface area contributed by atoms with Gasteiger partial charge in [0.05, 0.1) is 18.4 Å². The van der Waals surface area contributed by atoms with Crippen molar-refractivity contribution >= 4 is 15.7 Å². The van der Waals surface area contributed by atoms with E-state index >= 15 is 0 Å². The number of nitrogens with zero attached hydrogens (tertiary/aromatic N) is 1. The second-order valence-electron chi connectivity index (χ2n) is 5.02. The van der Waals surface area contributed by atoms with Crippen LogP contribution in [0.4, 0.5) is 5.69 Å². The molecule has 2 N–H and O–H groups in total. The topological polar surface area (TPSA) is 72.6 Å². The molecule has 0 saturated carbocycles. The molecular formula is C13H20N2O3S. The highest BCUT2D eigenvalue weighted by atomic mass is 32.2. The SMILES string of the molecule is Cc1cc(N)c(S(=O)(=O)N2CCOC(C)C2)cc1C. The van der Waals surface area contributed by atoms with Crippen molar-refractivity contribution in [1.82, 2.24) is 4.31 Å². The lowest BCUT2D eigenvalue weighted by atomic mass is 10.1. The minimum Gasteiger partial charge on any atom is -0.398 e. The van der Waals surface area contributed by atoms with Crippen molar-refractivity contribution in [3.63, 3.8) is 0 Å². The molecule has 19 heavy (non-hydrogen) atoms. The second kappa shape index (κ2) is 5.11. The maximum absolute atomic E-state index is 12.6. The van der Waals surface area contributed by atoms with Crippen molar-refractivity contribution < 1.29 is 13.2 Å². The van der Waals surface area contributed by atoms with E-state index in [2.05, 4.69) is 0 Å². The minimum atomic E-state index is -3.54. The molecular weight excluding hydrogens is 264 g/mol. The van der Waals surface area contributed by atoms with Crippen molar-refractivity contribution in [2.45, 2.75) is 31.8 Å². The molecule has 0 bridgehead atoms. The van der Waals surface area contributed by atoms with Gasteiger partial charge in [-0.1, -0.05) is 0 Å². The van der Waals surface area contributed by atoms with Gasteiger partial charge in [0.1, 0.15) is 4.90 Å². The van der Waals surface area contributed by atoms with Crippen LogP contribution in [0.1, 0.15) is 18.1 Å². The Kier molecular flexibility index (Phi) is 3.85. The molecule has 1 aliphatic rings. The van der Waals surface area contributed by atoms with E-state index in [1.54, 1.807) is 12.1 Å². The Labute approximate surface area is 114 Å². The Morgan fingerprint density at radius 3 is 2.58 bits per heavy atom. The Balaban J connectivity index is 2.42. The minimum absolute atomic E-state index is 0.0868. The maximum atomic E-state index is 12.6. The molecule has 1 fully saturated rings. The molecule has 1 aromatic rings.